The van der Waals surface area contributed by atoms with E-state index in [9.17, 15) is 4.79 Å². The molecule has 6 rings (SSSR count). The van der Waals surface area contributed by atoms with E-state index < -0.39 is 0 Å². The van der Waals surface area contributed by atoms with Crippen LogP contribution in [0, 0.1) is 5.92 Å². The van der Waals surface area contributed by atoms with Crippen molar-refractivity contribution in [1.82, 2.24) is 35.2 Å². The first-order valence-electron chi connectivity index (χ1n) is 13.8. The van der Waals surface area contributed by atoms with Gasteiger partial charge in [-0.1, -0.05) is 74.7 Å². The van der Waals surface area contributed by atoms with Gasteiger partial charge in [0.05, 0.1) is 6.54 Å². The molecular weight excluding hydrogens is 488 g/mol. The van der Waals surface area contributed by atoms with Gasteiger partial charge >= 0.3 is 0 Å². The summed E-state index contributed by atoms with van der Waals surface area (Å²) in [5, 5.41) is 17.5. The number of H-pyrrole nitrogens is 1. The number of aromatic amines is 1. The molecular formula is C30H32N8O. The van der Waals surface area contributed by atoms with Gasteiger partial charge in [0.2, 0.25) is 5.91 Å². The second-order valence-corrected chi connectivity index (χ2v) is 10.2. The quantitative estimate of drug-likeness (QED) is 0.267. The molecule has 2 N–H and O–H groups in total. The first kappa shape index (κ1) is 24.9. The summed E-state index contributed by atoms with van der Waals surface area (Å²) in [5.41, 5.74) is 5.89. The van der Waals surface area contributed by atoms with Crippen molar-refractivity contribution in [3.8, 4) is 22.5 Å². The molecule has 9 heteroatoms. The maximum atomic E-state index is 12.8. The molecule has 0 unspecified atom stereocenters. The maximum absolute atomic E-state index is 12.8. The zero-order valence-electron chi connectivity index (χ0n) is 22.1. The number of benzene rings is 2. The summed E-state index contributed by atoms with van der Waals surface area (Å²) in [6.07, 6.45) is 7.24. The van der Waals surface area contributed by atoms with Gasteiger partial charge in [0.1, 0.15) is 17.2 Å². The minimum absolute atomic E-state index is 0.0818. The fourth-order valence-electron chi connectivity index (χ4n) is 5.48. The van der Waals surface area contributed by atoms with Gasteiger partial charge in [-0.2, -0.15) is 0 Å². The monoisotopic (exact) mass is 520 g/mol. The van der Waals surface area contributed by atoms with Gasteiger partial charge in [0.25, 0.3) is 0 Å². The molecule has 1 fully saturated rings. The Bertz CT molecular complexity index is 1570. The van der Waals surface area contributed by atoms with Crippen molar-refractivity contribution in [2.45, 2.75) is 58.4 Å². The van der Waals surface area contributed by atoms with Crippen LogP contribution in [0.5, 0.6) is 0 Å². The fraction of sp³-hybridized carbons (Fsp3) is 0.333. The van der Waals surface area contributed by atoms with Crippen molar-refractivity contribution in [3.05, 3.63) is 72.1 Å². The zero-order valence-corrected chi connectivity index (χ0v) is 22.1. The summed E-state index contributed by atoms with van der Waals surface area (Å²) in [6, 6.07) is 20.4. The van der Waals surface area contributed by atoms with Crippen LogP contribution in [0.1, 0.15) is 56.8 Å². The van der Waals surface area contributed by atoms with Crippen LogP contribution in [0.25, 0.3) is 33.7 Å². The van der Waals surface area contributed by atoms with Gasteiger partial charge in [0.15, 0.2) is 11.5 Å². The van der Waals surface area contributed by atoms with Crippen LogP contribution in [0.3, 0.4) is 0 Å². The predicted molar refractivity (Wildman–Crippen MR) is 151 cm³/mol. The largest absolute Gasteiger partial charge is 0.310 e. The van der Waals surface area contributed by atoms with E-state index in [1.54, 1.807) is 0 Å². The van der Waals surface area contributed by atoms with Crippen molar-refractivity contribution < 1.29 is 4.79 Å². The number of aryl methyl sites for hydroxylation is 1. The summed E-state index contributed by atoms with van der Waals surface area (Å²) in [5.74, 6) is 2.40. The third-order valence-corrected chi connectivity index (χ3v) is 7.51. The molecule has 2 aromatic carbocycles. The van der Waals surface area contributed by atoms with Gasteiger partial charge in [-0.3, -0.25) is 4.79 Å². The molecule has 9 nitrogen and oxygen atoms in total. The standard InChI is InChI=1S/C30H32N8O/c1-2-8-27-31-25-17-18-26(33-30(39)22-9-4-3-5-10-22)32-29(25)38(27)19-20-13-15-21(16-14-20)23-11-6-7-12-24(23)28-34-36-37-35-28/h6-7,11-18,22H,2-5,8-10,19H2,1H3,(H,32,33,39)(H,34,35,36,37). The molecule has 0 bridgehead atoms. The van der Waals surface area contributed by atoms with Gasteiger partial charge in [-0.15, -0.1) is 5.10 Å². The Morgan fingerprint density at radius 1 is 0.974 bits per heavy atom. The molecule has 1 aliphatic carbocycles. The van der Waals surface area contributed by atoms with E-state index in [1.807, 2.05) is 30.3 Å². The van der Waals surface area contributed by atoms with Crippen molar-refractivity contribution in [1.29, 1.82) is 0 Å². The smallest absolute Gasteiger partial charge is 0.228 e. The van der Waals surface area contributed by atoms with Crippen molar-refractivity contribution in [3.63, 3.8) is 0 Å². The van der Waals surface area contributed by atoms with E-state index in [4.69, 9.17) is 9.97 Å². The Balaban J connectivity index is 1.27. The number of amides is 1. The number of carbonyl (C=O) groups excluding carboxylic acids is 1. The molecule has 5 aromatic rings. The topological polar surface area (TPSA) is 114 Å². The number of imidazole rings is 1. The highest BCUT2D eigenvalue weighted by atomic mass is 16.1. The molecule has 0 saturated heterocycles. The number of fused-ring (bicyclic) bond motifs is 1. The van der Waals surface area contributed by atoms with E-state index in [0.717, 1.165) is 77.8 Å². The predicted octanol–water partition coefficient (Wildman–Crippen LogP) is 5.80. The number of nitrogens with zero attached hydrogens (tertiary/aromatic N) is 6. The van der Waals surface area contributed by atoms with Crippen LogP contribution in [-0.2, 0) is 17.8 Å². The number of nitrogens with one attached hydrogen (secondary N) is 2. The van der Waals surface area contributed by atoms with Crippen LogP contribution < -0.4 is 5.32 Å². The van der Waals surface area contributed by atoms with Crippen molar-refractivity contribution >= 4 is 22.9 Å². The number of carbonyl (C=O) groups is 1. The normalized spacial score (nSPS) is 14.1. The van der Waals surface area contributed by atoms with Crippen LogP contribution in [0.15, 0.2) is 60.7 Å². The number of anilines is 1. The summed E-state index contributed by atoms with van der Waals surface area (Å²) < 4.78 is 2.18. The number of hydrogen-bond acceptors (Lipinski definition) is 6. The minimum atomic E-state index is 0.0818. The van der Waals surface area contributed by atoms with Gasteiger partial charge in [-0.05, 0) is 58.5 Å². The lowest BCUT2D eigenvalue weighted by atomic mass is 9.89. The van der Waals surface area contributed by atoms with Crippen LogP contribution in [-0.4, -0.2) is 41.1 Å². The Morgan fingerprint density at radius 2 is 1.77 bits per heavy atom. The second-order valence-electron chi connectivity index (χ2n) is 10.2. The van der Waals surface area contributed by atoms with Gasteiger partial charge in [-0.25, -0.2) is 15.1 Å². The lowest BCUT2D eigenvalue weighted by Crippen LogP contribution is -2.25. The highest BCUT2D eigenvalue weighted by molar-refractivity contribution is 5.92. The zero-order chi connectivity index (χ0) is 26.6. The van der Waals surface area contributed by atoms with Gasteiger partial charge in [0, 0.05) is 17.9 Å². The van der Waals surface area contributed by atoms with E-state index in [1.165, 1.54) is 6.42 Å². The Kier molecular flexibility index (Phi) is 7.12. The van der Waals surface area contributed by atoms with Crippen LogP contribution in [0.2, 0.25) is 0 Å². The van der Waals surface area contributed by atoms with Crippen LogP contribution >= 0.6 is 0 Å². The number of aromatic nitrogens is 7. The van der Waals surface area contributed by atoms with E-state index >= 15 is 0 Å². The molecule has 1 saturated carbocycles. The third kappa shape index (κ3) is 5.30. The number of pyridine rings is 1. The Labute approximate surface area is 227 Å². The first-order chi connectivity index (χ1) is 19.2. The van der Waals surface area contributed by atoms with E-state index in [-0.39, 0.29) is 11.8 Å². The molecule has 1 amide bonds. The molecule has 39 heavy (non-hydrogen) atoms. The fourth-order valence-corrected chi connectivity index (χ4v) is 5.48. The summed E-state index contributed by atoms with van der Waals surface area (Å²) >= 11 is 0. The Hall–Kier alpha value is -4.40. The lowest BCUT2D eigenvalue weighted by Gasteiger charge is -2.20. The summed E-state index contributed by atoms with van der Waals surface area (Å²) in [6.45, 7) is 2.80. The maximum Gasteiger partial charge on any atom is 0.228 e. The lowest BCUT2D eigenvalue weighted by molar-refractivity contribution is -0.120. The van der Waals surface area contributed by atoms with Crippen molar-refractivity contribution in [2.75, 3.05) is 5.32 Å². The first-order valence-corrected chi connectivity index (χ1v) is 13.8. The number of hydrogen-bond donors (Lipinski definition) is 2. The number of rotatable bonds is 8. The van der Waals surface area contributed by atoms with Crippen LogP contribution in [0.4, 0.5) is 5.82 Å². The molecule has 3 aromatic heterocycles. The summed E-state index contributed by atoms with van der Waals surface area (Å²) in [7, 11) is 0. The highest BCUT2D eigenvalue weighted by Gasteiger charge is 2.22. The molecule has 198 valence electrons. The molecule has 0 spiro atoms. The molecule has 1 aliphatic rings. The van der Waals surface area contributed by atoms with Crippen molar-refractivity contribution in [2.24, 2.45) is 5.92 Å². The van der Waals surface area contributed by atoms with E-state index in [2.05, 4.69) is 67.8 Å². The minimum Gasteiger partial charge on any atom is -0.310 e. The molecule has 0 aliphatic heterocycles. The Morgan fingerprint density at radius 3 is 2.51 bits per heavy atom. The van der Waals surface area contributed by atoms with E-state index in [0.29, 0.717) is 18.2 Å². The number of tetrazole rings is 1. The second kappa shape index (κ2) is 11.1. The average molecular weight is 521 g/mol. The SMILES string of the molecule is CCCc1nc2ccc(NC(=O)C3CCCCC3)nc2n1Cc1ccc(-c2ccccc2-c2nnn[nH]2)cc1. The average Bonchev–Trinajstić information content (AvgIpc) is 3.63. The molecule has 0 radical (unpaired) electrons. The third-order valence-electron chi connectivity index (χ3n) is 7.51. The summed E-state index contributed by atoms with van der Waals surface area (Å²) in [4.78, 5) is 22.6. The molecule has 0 atom stereocenters. The highest BCUT2D eigenvalue weighted by Crippen LogP contribution is 2.30. The van der Waals surface area contributed by atoms with Gasteiger partial charge < -0.3 is 9.88 Å². The molecule has 3 heterocycles.